The average molecular weight is 416 g/mol. The van der Waals surface area contributed by atoms with Gasteiger partial charge >= 0.3 is 0 Å². The molecule has 2 saturated carbocycles. The van der Waals surface area contributed by atoms with Crippen molar-refractivity contribution in [1.29, 1.82) is 0 Å². The molecule has 2 heteroatoms. The van der Waals surface area contributed by atoms with Gasteiger partial charge in [0.15, 0.2) is 0 Å². The van der Waals surface area contributed by atoms with Gasteiger partial charge in [0, 0.05) is 28.4 Å². The maximum absolute atomic E-state index is 5.37. The molecule has 3 aliphatic carbocycles. The summed E-state index contributed by atoms with van der Waals surface area (Å²) in [5.74, 6) is 2.54. The SMILES string of the molecule is C=CCC1C(Cc2ccc3cnccc3c2)CC(=C)C2C1CCC1=CCCCC12S. The van der Waals surface area contributed by atoms with Crippen molar-refractivity contribution in [2.24, 2.45) is 23.7 Å². The van der Waals surface area contributed by atoms with Crippen molar-refractivity contribution in [3.05, 3.63) is 78.7 Å². The van der Waals surface area contributed by atoms with Crippen molar-refractivity contribution in [2.45, 2.75) is 56.1 Å². The van der Waals surface area contributed by atoms with Gasteiger partial charge in [-0.1, -0.05) is 48.1 Å². The highest BCUT2D eigenvalue weighted by molar-refractivity contribution is 7.82. The van der Waals surface area contributed by atoms with Gasteiger partial charge in [0.1, 0.15) is 0 Å². The minimum absolute atomic E-state index is 0.0542. The summed E-state index contributed by atoms with van der Waals surface area (Å²) >= 11 is 5.37. The van der Waals surface area contributed by atoms with Gasteiger partial charge < -0.3 is 0 Å². The van der Waals surface area contributed by atoms with Crippen LogP contribution in [0.15, 0.2) is 73.1 Å². The predicted molar refractivity (Wildman–Crippen MR) is 131 cm³/mol. The third-order valence-electron chi connectivity index (χ3n) is 8.16. The van der Waals surface area contributed by atoms with Crippen molar-refractivity contribution in [3.63, 3.8) is 0 Å². The first-order valence-corrected chi connectivity index (χ1v) is 12.1. The molecule has 1 aromatic carbocycles. The molecule has 0 amide bonds. The Labute approximate surface area is 186 Å². The highest BCUT2D eigenvalue weighted by Gasteiger charge is 2.53. The Morgan fingerprint density at radius 3 is 3.00 bits per heavy atom. The van der Waals surface area contributed by atoms with Crippen LogP contribution < -0.4 is 0 Å². The maximum Gasteiger partial charge on any atom is 0.0405 e. The standard InChI is InChI=1S/C28H33NS/c1-3-6-25-23(17-20-8-9-22-18-29-14-12-21(22)16-20)15-19(2)27-26(25)11-10-24-7-4-5-13-28(24,27)30/h3,7-9,12,14,16,18,23,25-27,30H,1-2,4-6,10-11,13,15,17H2. The summed E-state index contributed by atoms with van der Waals surface area (Å²) in [6.45, 7) is 8.79. The molecule has 1 heterocycles. The molecule has 0 bridgehead atoms. The Morgan fingerprint density at radius 1 is 1.23 bits per heavy atom. The second-order valence-electron chi connectivity index (χ2n) is 9.80. The summed E-state index contributed by atoms with van der Waals surface area (Å²) in [5.41, 5.74) is 4.50. The molecule has 156 valence electrons. The van der Waals surface area contributed by atoms with E-state index in [-0.39, 0.29) is 4.75 Å². The van der Waals surface area contributed by atoms with Crippen LogP contribution in [0.3, 0.4) is 0 Å². The third-order valence-corrected chi connectivity index (χ3v) is 8.95. The largest absolute Gasteiger partial charge is 0.264 e. The number of hydrogen-bond acceptors (Lipinski definition) is 2. The van der Waals surface area contributed by atoms with E-state index in [1.807, 2.05) is 12.4 Å². The van der Waals surface area contributed by atoms with Crippen molar-refractivity contribution in [1.82, 2.24) is 4.98 Å². The third kappa shape index (κ3) is 3.38. The lowest BCUT2D eigenvalue weighted by atomic mass is 9.52. The minimum Gasteiger partial charge on any atom is -0.264 e. The van der Waals surface area contributed by atoms with Gasteiger partial charge in [-0.15, -0.1) is 6.58 Å². The number of fused-ring (bicyclic) bond motifs is 4. The zero-order chi connectivity index (χ0) is 20.7. The summed E-state index contributed by atoms with van der Waals surface area (Å²) in [6.07, 6.45) is 18.1. The number of thiol groups is 1. The Kier molecular flexibility index (Phi) is 5.39. The van der Waals surface area contributed by atoms with E-state index in [2.05, 4.69) is 54.6 Å². The van der Waals surface area contributed by atoms with E-state index in [0.717, 1.165) is 19.3 Å². The summed E-state index contributed by atoms with van der Waals surface area (Å²) in [5, 5.41) is 2.51. The lowest BCUT2D eigenvalue weighted by Crippen LogP contribution is -2.51. The molecule has 1 aromatic heterocycles. The number of nitrogens with zero attached hydrogens (tertiary/aromatic N) is 1. The minimum atomic E-state index is 0.0542. The van der Waals surface area contributed by atoms with E-state index in [9.17, 15) is 0 Å². The van der Waals surface area contributed by atoms with Gasteiger partial charge in [-0.3, -0.25) is 4.98 Å². The van der Waals surface area contributed by atoms with E-state index >= 15 is 0 Å². The van der Waals surface area contributed by atoms with Gasteiger partial charge in [0.2, 0.25) is 0 Å². The fourth-order valence-electron chi connectivity index (χ4n) is 6.91. The molecule has 3 aliphatic rings. The van der Waals surface area contributed by atoms with Crippen LogP contribution in [0.4, 0.5) is 0 Å². The van der Waals surface area contributed by atoms with Crippen LogP contribution in [0.2, 0.25) is 0 Å². The first-order valence-electron chi connectivity index (χ1n) is 11.6. The summed E-state index contributed by atoms with van der Waals surface area (Å²) in [6, 6.07) is 9.01. The zero-order valence-corrected chi connectivity index (χ0v) is 18.8. The molecule has 2 fully saturated rings. The highest BCUT2D eigenvalue weighted by Crippen LogP contribution is 2.60. The number of benzene rings is 1. The fraction of sp³-hybridized carbons (Fsp3) is 0.464. The van der Waals surface area contributed by atoms with Gasteiger partial charge in [-0.25, -0.2) is 0 Å². The van der Waals surface area contributed by atoms with Crippen LogP contribution in [0.5, 0.6) is 0 Å². The van der Waals surface area contributed by atoms with Gasteiger partial charge in [-0.05, 0) is 86.1 Å². The second kappa shape index (κ2) is 8.04. The molecule has 5 atom stereocenters. The van der Waals surface area contributed by atoms with Crippen LogP contribution in [0.1, 0.15) is 50.5 Å². The molecule has 0 spiro atoms. The van der Waals surface area contributed by atoms with E-state index in [1.165, 1.54) is 54.0 Å². The number of allylic oxidation sites excluding steroid dienone is 3. The lowest BCUT2D eigenvalue weighted by Gasteiger charge is -2.56. The topological polar surface area (TPSA) is 12.9 Å². The molecular formula is C28H33NS. The predicted octanol–water partition coefficient (Wildman–Crippen LogP) is 7.35. The Balaban J connectivity index is 1.45. The van der Waals surface area contributed by atoms with Crippen molar-refractivity contribution in [3.8, 4) is 0 Å². The average Bonchev–Trinajstić information content (AvgIpc) is 2.75. The quantitative estimate of drug-likeness (QED) is 0.407. The van der Waals surface area contributed by atoms with Crippen LogP contribution in [0, 0.1) is 23.7 Å². The molecule has 0 saturated heterocycles. The normalized spacial score (nSPS) is 33.5. The van der Waals surface area contributed by atoms with E-state index in [4.69, 9.17) is 12.6 Å². The molecule has 0 radical (unpaired) electrons. The van der Waals surface area contributed by atoms with Crippen molar-refractivity contribution >= 4 is 23.4 Å². The first-order chi connectivity index (χ1) is 14.6. The number of hydrogen-bond donors (Lipinski definition) is 1. The molecule has 0 aliphatic heterocycles. The van der Waals surface area contributed by atoms with Crippen LogP contribution in [-0.4, -0.2) is 9.73 Å². The smallest absolute Gasteiger partial charge is 0.0405 e. The zero-order valence-electron chi connectivity index (χ0n) is 17.9. The number of aromatic nitrogens is 1. The molecule has 1 nitrogen and oxygen atoms in total. The van der Waals surface area contributed by atoms with Crippen LogP contribution in [0.25, 0.3) is 10.8 Å². The Hall–Kier alpha value is -1.80. The Bertz CT molecular complexity index is 1000. The highest BCUT2D eigenvalue weighted by atomic mass is 32.1. The summed E-state index contributed by atoms with van der Waals surface area (Å²) < 4.78 is 0.0542. The van der Waals surface area contributed by atoms with Crippen LogP contribution in [-0.2, 0) is 6.42 Å². The lowest BCUT2D eigenvalue weighted by molar-refractivity contribution is 0.0882. The van der Waals surface area contributed by atoms with Crippen molar-refractivity contribution in [2.75, 3.05) is 0 Å². The molecule has 30 heavy (non-hydrogen) atoms. The number of rotatable bonds is 4. The molecule has 5 unspecified atom stereocenters. The fourth-order valence-corrected chi connectivity index (χ4v) is 7.65. The Morgan fingerprint density at radius 2 is 2.13 bits per heavy atom. The molecule has 2 aromatic rings. The van der Waals surface area contributed by atoms with E-state index < -0.39 is 0 Å². The van der Waals surface area contributed by atoms with E-state index in [1.54, 1.807) is 5.57 Å². The van der Waals surface area contributed by atoms with Gasteiger partial charge in [-0.2, -0.15) is 12.6 Å². The summed E-state index contributed by atoms with van der Waals surface area (Å²) in [4.78, 5) is 4.25. The summed E-state index contributed by atoms with van der Waals surface area (Å²) in [7, 11) is 0. The van der Waals surface area contributed by atoms with Gasteiger partial charge in [0.25, 0.3) is 0 Å². The molecule has 0 N–H and O–H groups in total. The molecular weight excluding hydrogens is 382 g/mol. The molecule has 5 rings (SSSR count). The van der Waals surface area contributed by atoms with Crippen LogP contribution >= 0.6 is 12.6 Å². The second-order valence-corrected chi connectivity index (χ2v) is 10.6. The van der Waals surface area contributed by atoms with Crippen molar-refractivity contribution < 1.29 is 0 Å². The van der Waals surface area contributed by atoms with Gasteiger partial charge in [0.05, 0.1) is 0 Å². The number of pyridine rings is 1. The first kappa shape index (κ1) is 20.1. The monoisotopic (exact) mass is 415 g/mol. The maximum atomic E-state index is 5.37. The van der Waals surface area contributed by atoms with E-state index in [0.29, 0.717) is 23.7 Å².